The molecule has 4 aromatic heterocycles. The second kappa shape index (κ2) is 13.5. The molecular weight excluding hydrogens is 695 g/mol. The Morgan fingerprint density at radius 3 is 1.77 bits per heavy atom. The third-order valence-corrected chi connectivity index (χ3v) is 10.9. The molecule has 5 nitrogen and oxygen atoms in total. The molecule has 0 saturated heterocycles. The zero-order valence-corrected chi connectivity index (χ0v) is 30.8. The minimum Gasteiger partial charge on any atom is -0.309 e. The third kappa shape index (κ3) is 5.64. The fourth-order valence-corrected chi connectivity index (χ4v) is 8.19. The van der Waals surface area contributed by atoms with Crippen LogP contribution in [0, 0.1) is 0 Å². The van der Waals surface area contributed by atoms with Gasteiger partial charge in [-0.3, -0.25) is 4.98 Å². The molecule has 0 saturated carbocycles. The maximum Gasteiger partial charge on any atom is 0.160 e. The summed E-state index contributed by atoms with van der Waals surface area (Å²) in [6.45, 7) is 0. The predicted octanol–water partition coefficient (Wildman–Crippen LogP) is 13.0. The van der Waals surface area contributed by atoms with E-state index in [1.807, 2.05) is 30.3 Å². The van der Waals surface area contributed by atoms with Crippen molar-refractivity contribution in [2.45, 2.75) is 0 Å². The lowest BCUT2D eigenvalue weighted by molar-refractivity contribution is 1.16. The van der Waals surface area contributed by atoms with Crippen molar-refractivity contribution in [2.24, 2.45) is 0 Å². The van der Waals surface area contributed by atoms with Crippen molar-refractivity contribution in [2.75, 3.05) is 0 Å². The molecule has 11 rings (SSSR count). The van der Waals surface area contributed by atoms with Crippen LogP contribution in [0.1, 0.15) is 0 Å². The van der Waals surface area contributed by atoms with Gasteiger partial charge in [-0.05, 0) is 59.7 Å². The van der Waals surface area contributed by atoms with Gasteiger partial charge in [0, 0.05) is 55.5 Å². The second-order valence-electron chi connectivity index (χ2n) is 14.2. The lowest BCUT2D eigenvalue weighted by atomic mass is 9.95. The van der Waals surface area contributed by atoms with E-state index in [1.165, 1.54) is 32.8 Å². The minimum atomic E-state index is 0.651. The van der Waals surface area contributed by atoms with Crippen molar-refractivity contribution in [3.63, 3.8) is 0 Å². The van der Waals surface area contributed by atoms with Gasteiger partial charge in [0.05, 0.1) is 39.3 Å². The Morgan fingerprint density at radius 2 is 0.982 bits per heavy atom. The number of fused-ring (bicyclic) bond motifs is 7. The molecule has 0 bridgehead atoms. The van der Waals surface area contributed by atoms with Crippen LogP contribution in [0.2, 0.25) is 0 Å². The second-order valence-corrected chi connectivity index (χ2v) is 14.2. The lowest BCUT2D eigenvalue weighted by Crippen LogP contribution is -1.97. The molecule has 7 aromatic carbocycles. The number of hydrogen-bond acceptors (Lipinski definition) is 4. The normalized spacial score (nSPS) is 11.5. The van der Waals surface area contributed by atoms with Crippen LogP contribution in [-0.2, 0) is 0 Å². The van der Waals surface area contributed by atoms with E-state index in [1.54, 1.807) is 6.20 Å². The van der Waals surface area contributed by atoms with E-state index in [-0.39, 0.29) is 0 Å². The summed E-state index contributed by atoms with van der Waals surface area (Å²) in [6, 6.07) is 67.7. The van der Waals surface area contributed by atoms with Crippen LogP contribution in [0.25, 0.3) is 106 Å². The summed E-state index contributed by atoms with van der Waals surface area (Å²) >= 11 is 0. The summed E-state index contributed by atoms with van der Waals surface area (Å²) in [5, 5.41) is 5.92. The highest BCUT2D eigenvalue weighted by molar-refractivity contribution is 6.29. The first-order valence-electron chi connectivity index (χ1n) is 19.1. The van der Waals surface area contributed by atoms with Gasteiger partial charge >= 0.3 is 0 Å². The van der Waals surface area contributed by atoms with Gasteiger partial charge in [-0.25, -0.2) is 15.0 Å². The molecule has 0 unspecified atom stereocenters. The molecule has 5 heteroatoms. The molecular formula is C52H33N5. The van der Waals surface area contributed by atoms with Crippen LogP contribution >= 0.6 is 0 Å². The van der Waals surface area contributed by atoms with Crippen molar-refractivity contribution >= 4 is 43.5 Å². The van der Waals surface area contributed by atoms with Crippen LogP contribution in [-0.4, -0.2) is 24.5 Å². The summed E-state index contributed by atoms with van der Waals surface area (Å²) in [5.41, 5.74) is 13.1. The van der Waals surface area contributed by atoms with Crippen molar-refractivity contribution in [3.8, 4) is 62.1 Å². The van der Waals surface area contributed by atoms with Crippen LogP contribution in [0.5, 0.6) is 0 Å². The number of aromatic nitrogens is 5. The van der Waals surface area contributed by atoms with Gasteiger partial charge in [-0.2, -0.15) is 0 Å². The average Bonchev–Trinajstić information content (AvgIpc) is 3.64. The Balaban J connectivity index is 1.06. The Bertz CT molecular complexity index is 3250. The monoisotopic (exact) mass is 727 g/mol. The Hall–Kier alpha value is -7.76. The molecule has 0 fully saturated rings. The van der Waals surface area contributed by atoms with Crippen LogP contribution in [0.4, 0.5) is 0 Å². The van der Waals surface area contributed by atoms with Gasteiger partial charge in [0.25, 0.3) is 0 Å². The van der Waals surface area contributed by atoms with Crippen molar-refractivity contribution in [1.82, 2.24) is 24.5 Å². The number of para-hydroxylation sites is 3. The Kier molecular flexibility index (Phi) is 7.74. The lowest BCUT2D eigenvalue weighted by Gasteiger charge is -2.13. The molecule has 0 amide bonds. The van der Waals surface area contributed by atoms with Crippen molar-refractivity contribution in [1.29, 1.82) is 0 Å². The largest absolute Gasteiger partial charge is 0.309 e. The molecule has 0 aliphatic rings. The van der Waals surface area contributed by atoms with E-state index in [0.29, 0.717) is 5.82 Å². The topological polar surface area (TPSA) is 56.5 Å². The average molecular weight is 728 g/mol. The van der Waals surface area contributed by atoms with Crippen molar-refractivity contribution in [3.05, 3.63) is 200 Å². The number of pyridine rings is 2. The number of benzene rings is 7. The smallest absolute Gasteiger partial charge is 0.160 e. The van der Waals surface area contributed by atoms with Gasteiger partial charge in [-0.15, -0.1) is 0 Å². The summed E-state index contributed by atoms with van der Waals surface area (Å²) in [6.07, 6.45) is 1.80. The summed E-state index contributed by atoms with van der Waals surface area (Å²) in [5.74, 6) is 0.651. The first-order chi connectivity index (χ1) is 28.3. The van der Waals surface area contributed by atoms with E-state index in [0.717, 1.165) is 67.0 Å². The maximum absolute atomic E-state index is 5.32. The molecule has 0 spiro atoms. The molecule has 0 aliphatic carbocycles. The zero-order chi connectivity index (χ0) is 37.7. The summed E-state index contributed by atoms with van der Waals surface area (Å²) in [4.78, 5) is 20.1. The van der Waals surface area contributed by atoms with E-state index < -0.39 is 0 Å². The first-order valence-corrected chi connectivity index (χ1v) is 19.1. The Labute approximate surface area is 329 Å². The number of rotatable bonds is 6. The highest BCUT2D eigenvalue weighted by Crippen LogP contribution is 2.42. The van der Waals surface area contributed by atoms with Gasteiger partial charge in [-0.1, -0.05) is 146 Å². The standard InChI is InChI=1S/C52H33N5/c1-3-13-34(14-4-1)35-22-28-38(29-23-35)52-55-45(33-46(56-52)44-20-11-12-32-53-44)36-24-26-37(27-25-36)51-42-30-31-48-50(49(42)40-17-7-9-19-43(40)54-51)41-18-8-10-21-47(41)57(48)39-15-5-2-6-16-39/h1-33H. The van der Waals surface area contributed by atoms with Crippen LogP contribution in [0.15, 0.2) is 200 Å². The van der Waals surface area contributed by atoms with Gasteiger partial charge in [0.2, 0.25) is 0 Å². The molecule has 0 aliphatic heterocycles. The van der Waals surface area contributed by atoms with Gasteiger partial charge in [0.1, 0.15) is 0 Å². The number of hydrogen-bond donors (Lipinski definition) is 0. The van der Waals surface area contributed by atoms with Gasteiger partial charge in [0.15, 0.2) is 5.82 Å². The fraction of sp³-hybridized carbons (Fsp3) is 0. The Morgan fingerprint density at radius 1 is 0.351 bits per heavy atom. The van der Waals surface area contributed by atoms with E-state index in [9.17, 15) is 0 Å². The van der Waals surface area contributed by atoms with Crippen LogP contribution in [0.3, 0.4) is 0 Å². The molecule has 0 N–H and O–H groups in total. The quantitative estimate of drug-likeness (QED) is 0.160. The summed E-state index contributed by atoms with van der Waals surface area (Å²) in [7, 11) is 0. The van der Waals surface area contributed by atoms with Crippen LogP contribution < -0.4 is 0 Å². The molecule has 0 radical (unpaired) electrons. The molecule has 4 heterocycles. The van der Waals surface area contributed by atoms with Gasteiger partial charge < -0.3 is 4.57 Å². The molecule has 0 atom stereocenters. The summed E-state index contributed by atoms with van der Waals surface area (Å²) < 4.78 is 2.38. The maximum atomic E-state index is 5.32. The fourth-order valence-electron chi connectivity index (χ4n) is 8.19. The van der Waals surface area contributed by atoms with Crippen molar-refractivity contribution < 1.29 is 0 Å². The molecule has 266 valence electrons. The van der Waals surface area contributed by atoms with E-state index in [4.69, 9.17) is 15.0 Å². The molecule has 57 heavy (non-hydrogen) atoms. The van der Waals surface area contributed by atoms with E-state index in [2.05, 4.69) is 173 Å². The first kappa shape index (κ1) is 32.7. The zero-order valence-electron chi connectivity index (χ0n) is 30.8. The highest BCUT2D eigenvalue weighted by atomic mass is 15.0. The SMILES string of the molecule is c1ccc(-c2ccc(-c3nc(-c4ccc(-c5nc6ccccc6c6c5ccc5c6c6ccccc6n5-c5ccccc5)cc4)cc(-c4ccccn4)n3)cc2)cc1. The minimum absolute atomic E-state index is 0.651. The molecule has 11 aromatic rings. The van der Waals surface area contributed by atoms with E-state index >= 15 is 0 Å². The third-order valence-electron chi connectivity index (χ3n) is 10.9. The highest BCUT2D eigenvalue weighted by Gasteiger charge is 2.20. The number of nitrogens with zero attached hydrogens (tertiary/aromatic N) is 5. The predicted molar refractivity (Wildman–Crippen MR) is 234 cm³/mol.